The first kappa shape index (κ1) is 11.5. The molecular weight excluding hydrogens is 232 g/mol. The quantitative estimate of drug-likeness (QED) is 0.694. The molecule has 92 valence electrons. The number of pyridine rings is 1. The van der Waals surface area contributed by atoms with Crippen LogP contribution in [0.4, 0.5) is 5.69 Å². The number of anilines is 1. The Morgan fingerprint density at radius 2 is 1.63 bits per heavy atom. The fourth-order valence-corrected chi connectivity index (χ4v) is 2.06. The monoisotopic (exact) mass is 246 g/mol. The fourth-order valence-electron chi connectivity index (χ4n) is 2.06. The highest BCUT2D eigenvalue weighted by atomic mass is 14.6. The molecule has 2 aromatic carbocycles. The molecule has 19 heavy (non-hydrogen) atoms. The molecule has 2 heteroatoms. The largest absolute Gasteiger partial charge is 0.399 e. The average Bonchev–Trinajstić information content (AvgIpc) is 2.47. The summed E-state index contributed by atoms with van der Waals surface area (Å²) in [6.07, 6.45) is 6.03. The van der Waals surface area contributed by atoms with Crippen molar-refractivity contribution in [1.82, 2.24) is 4.98 Å². The van der Waals surface area contributed by atoms with E-state index in [-0.39, 0.29) is 0 Å². The number of nitrogens with zero attached hydrogens (tertiary/aromatic N) is 1. The maximum atomic E-state index is 5.68. The third-order valence-corrected chi connectivity index (χ3v) is 3.07. The zero-order valence-corrected chi connectivity index (χ0v) is 10.5. The summed E-state index contributed by atoms with van der Waals surface area (Å²) in [7, 11) is 0. The van der Waals surface area contributed by atoms with Gasteiger partial charge >= 0.3 is 0 Å². The van der Waals surface area contributed by atoms with Gasteiger partial charge in [-0.2, -0.15) is 0 Å². The minimum absolute atomic E-state index is 0.784. The summed E-state index contributed by atoms with van der Waals surface area (Å²) >= 11 is 0. The van der Waals surface area contributed by atoms with Crippen molar-refractivity contribution in [2.45, 2.75) is 0 Å². The van der Waals surface area contributed by atoms with Crippen molar-refractivity contribution in [3.63, 3.8) is 0 Å². The van der Waals surface area contributed by atoms with Crippen LogP contribution in [-0.2, 0) is 0 Å². The third-order valence-electron chi connectivity index (χ3n) is 3.07. The van der Waals surface area contributed by atoms with Gasteiger partial charge in [-0.15, -0.1) is 0 Å². The summed E-state index contributed by atoms with van der Waals surface area (Å²) in [6.45, 7) is 0. The fraction of sp³-hybridized carbons (Fsp3) is 0. The van der Waals surface area contributed by atoms with Gasteiger partial charge in [0.25, 0.3) is 0 Å². The van der Waals surface area contributed by atoms with Gasteiger partial charge < -0.3 is 5.73 Å². The van der Waals surface area contributed by atoms with Crippen LogP contribution in [0.2, 0.25) is 0 Å². The Bertz CT molecular complexity index is 722. The summed E-state index contributed by atoms with van der Waals surface area (Å²) in [4.78, 5) is 4.36. The van der Waals surface area contributed by atoms with Crippen molar-refractivity contribution in [3.8, 4) is 0 Å². The Morgan fingerprint density at radius 1 is 0.842 bits per heavy atom. The summed E-state index contributed by atoms with van der Waals surface area (Å²) in [5, 5.41) is 1.16. The van der Waals surface area contributed by atoms with Crippen LogP contribution < -0.4 is 5.73 Å². The van der Waals surface area contributed by atoms with Crippen LogP contribution in [0, 0.1) is 0 Å². The Labute approximate surface area is 112 Å². The first-order chi connectivity index (χ1) is 9.33. The number of benzene rings is 2. The number of nitrogen functional groups attached to an aromatic ring is 1. The molecule has 0 spiro atoms. The van der Waals surface area contributed by atoms with Gasteiger partial charge in [-0.1, -0.05) is 42.5 Å². The van der Waals surface area contributed by atoms with E-state index in [0.29, 0.717) is 0 Å². The maximum Gasteiger partial charge on any atom is 0.0707 e. The van der Waals surface area contributed by atoms with E-state index >= 15 is 0 Å². The Hall–Kier alpha value is -2.61. The van der Waals surface area contributed by atoms with E-state index in [4.69, 9.17) is 5.73 Å². The smallest absolute Gasteiger partial charge is 0.0707 e. The van der Waals surface area contributed by atoms with E-state index in [2.05, 4.69) is 23.2 Å². The second-order valence-electron chi connectivity index (χ2n) is 4.42. The van der Waals surface area contributed by atoms with Crippen LogP contribution in [0.3, 0.4) is 0 Å². The summed E-state index contributed by atoms with van der Waals surface area (Å²) in [6, 6.07) is 18.0. The van der Waals surface area contributed by atoms with Gasteiger partial charge in [0.05, 0.1) is 5.52 Å². The maximum absolute atomic E-state index is 5.68. The predicted molar refractivity (Wildman–Crippen MR) is 81.5 cm³/mol. The molecule has 1 aromatic heterocycles. The normalized spacial score (nSPS) is 11.2. The molecule has 2 nitrogen and oxygen atoms in total. The van der Waals surface area contributed by atoms with Crippen LogP contribution in [0.15, 0.2) is 60.8 Å². The lowest BCUT2D eigenvalue weighted by Crippen LogP contribution is -1.83. The minimum Gasteiger partial charge on any atom is -0.399 e. The molecule has 3 aromatic rings. The molecule has 0 bridgehead atoms. The highest BCUT2D eigenvalue weighted by Crippen LogP contribution is 2.18. The molecule has 0 saturated carbocycles. The van der Waals surface area contributed by atoms with Crippen LogP contribution in [0.5, 0.6) is 0 Å². The Kier molecular flexibility index (Phi) is 2.99. The highest BCUT2D eigenvalue weighted by Gasteiger charge is 1.97. The first-order valence-corrected chi connectivity index (χ1v) is 6.20. The molecule has 0 aliphatic heterocycles. The molecule has 0 saturated heterocycles. The average molecular weight is 246 g/mol. The molecule has 0 fully saturated rings. The second kappa shape index (κ2) is 4.94. The van der Waals surface area contributed by atoms with E-state index in [9.17, 15) is 0 Å². The Morgan fingerprint density at radius 3 is 2.47 bits per heavy atom. The van der Waals surface area contributed by atoms with Gasteiger partial charge in [-0.25, -0.2) is 0 Å². The number of para-hydroxylation sites is 1. The summed E-state index contributed by atoms with van der Waals surface area (Å²) in [5.41, 5.74) is 9.78. The number of hydrogen-bond acceptors (Lipinski definition) is 2. The van der Waals surface area contributed by atoms with E-state index in [0.717, 1.165) is 22.2 Å². The third kappa shape index (κ3) is 2.47. The molecule has 0 atom stereocenters. The topological polar surface area (TPSA) is 38.9 Å². The van der Waals surface area contributed by atoms with Crippen LogP contribution >= 0.6 is 0 Å². The molecule has 0 unspecified atom stereocenters. The second-order valence-corrected chi connectivity index (χ2v) is 4.42. The molecule has 1 heterocycles. The van der Waals surface area contributed by atoms with Gasteiger partial charge in [0.1, 0.15) is 0 Å². The van der Waals surface area contributed by atoms with Gasteiger partial charge in [-0.3, -0.25) is 4.98 Å². The van der Waals surface area contributed by atoms with Crippen molar-refractivity contribution in [3.05, 3.63) is 71.9 Å². The van der Waals surface area contributed by atoms with Crippen molar-refractivity contribution in [2.75, 3.05) is 5.73 Å². The van der Waals surface area contributed by atoms with Crippen molar-refractivity contribution in [1.29, 1.82) is 0 Å². The lowest BCUT2D eigenvalue weighted by atomic mass is 10.1. The molecule has 0 aliphatic rings. The highest BCUT2D eigenvalue weighted by molar-refractivity contribution is 5.90. The molecule has 0 aliphatic carbocycles. The van der Waals surface area contributed by atoms with E-state index in [1.807, 2.05) is 54.7 Å². The SMILES string of the molecule is Nc1ccc(/C=C\c2ccnc3ccccc23)cc1. The predicted octanol–water partition coefficient (Wildman–Crippen LogP) is 3.99. The van der Waals surface area contributed by atoms with E-state index in [1.165, 1.54) is 5.56 Å². The van der Waals surface area contributed by atoms with Crippen molar-refractivity contribution < 1.29 is 0 Å². The zero-order valence-electron chi connectivity index (χ0n) is 10.5. The minimum atomic E-state index is 0.784. The van der Waals surface area contributed by atoms with Gasteiger partial charge in [0, 0.05) is 17.3 Å². The van der Waals surface area contributed by atoms with Gasteiger partial charge in [0.15, 0.2) is 0 Å². The number of nitrogens with two attached hydrogens (primary N) is 1. The number of fused-ring (bicyclic) bond motifs is 1. The molecule has 0 amide bonds. The number of hydrogen-bond donors (Lipinski definition) is 1. The Balaban J connectivity index is 1.99. The van der Waals surface area contributed by atoms with Crippen molar-refractivity contribution in [2.24, 2.45) is 0 Å². The van der Waals surface area contributed by atoms with Crippen LogP contribution in [-0.4, -0.2) is 4.98 Å². The van der Waals surface area contributed by atoms with Gasteiger partial charge in [0.2, 0.25) is 0 Å². The zero-order chi connectivity index (χ0) is 13.1. The number of rotatable bonds is 2. The lowest BCUT2D eigenvalue weighted by molar-refractivity contribution is 1.41. The van der Waals surface area contributed by atoms with E-state index < -0.39 is 0 Å². The number of aromatic nitrogens is 1. The van der Waals surface area contributed by atoms with Crippen molar-refractivity contribution >= 4 is 28.7 Å². The molecule has 3 rings (SSSR count). The van der Waals surface area contributed by atoms with E-state index in [1.54, 1.807) is 0 Å². The van der Waals surface area contributed by atoms with Gasteiger partial charge in [-0.05, 0) is 35.4 Å². The first-order valence-electron chi connectivity index (χ1n) is 6.20. The molecule has 2 N–H and O–H groups in total. The molecular formula is C17H14N2. The molecule has 0 radical (unpaired) electrons. The summed E-state index contributed by atoms with van der Waals surface area (Å²) < 4.78 is 0. The summed E-state index contributed by atoms with van der Waals surface area (Å²) in [5.74, 6) is 0. The van der Waals surface area contributed by atoms with Crippen LogP contribution in [0.25, 0.3) is 23.1 Å². The lowest BCUT2D eigenvalue weighted by Gasteiger charge is -2.01. The van der Waals surface area contributed by atoms with Crippen LogP contribution in [0.1, 0.15) is 11.1 Å². The standard InChI is InChI=1S/C17H14N2/c18-15-9-6-13(7-10-15)5-8-14-11-12-19-17-4-2-1-3-16(14)17/h1-12H,18H2/b8-5-.